The van der Waals surface area contributed by atoms with E-state index in [0.29, 0.717) is 0 Å². The second-order valence-electron chi connectivity index (χ2n) is 23.7. The Morgan fingerprint density at radius 1 is 0.521 bits per heavy atom. The molecule has 7 heteroatoms. The van der Waals surface area contributed by atoms with E-state index in [9.17, 15) is 0 Å². The minimum absolute atomic E-state index is 0.0606. The van der Waals surface area contributed by atoms with E-state index in [1.807, 2.05) is 18.4 Å². The first-order valence-electron chi connectivity index (χ1n) is 26.0. The highest BCUT2D eigenvalue weighted by molar-refractivity contribution is 9.10. The molecule has 3 N–H and O–H groups in total. The SMILES string of the molecule is CC(C)(C)c1ccc(N)cc1.CC(C)(C)c1ccc(Nc2coc3cc(N4c5ccccc5C5(C)CCCCC45C)ccc23)cc1.CC12CCCCC1(C)N(c1ccc3c(Br)coc3c1)c1ccccc12. The maximum Gasteiger partial charge on any atom is 0.138 e. The molecule has 2 aliphatic carbocycles. The second kappa shape index (κ2) is 18.0. The Kier molecular flexibility index (Phi) is 12.3. The molecule has 0 saturated heterocycles. The van der Waals surface area contributed by atoms with E-state index in [0.717, 1.165) is 43.5 Å². The van der Waals surface area contributed by atoms with E-state index in [4.69, 9.17) is 14.6 Å². The summed E-state index contributed by atoms with van der Waals surface area (Å²) in [4.78, 5) is 5.18. The van der Waals surface area contributed by atoms with Crippen molar-refractivity contribution in [2.24, 2.45) is 0 Å². The molecule has 2 fully saturated rings. The summed E-state index contributed by atoms with van der Waals surface area (Å²) in [5, 5.41) is 5.80. The number of benzene rings is 6. The van der Waals surface area contributed by atoms with E-state index in [-0.39, 0.29) is 32.7 Å². The van der Waals surface area contributed by atoms with Crippen LogP contribution >= 0.6 is 15.9 Å². The highest BCUT2D eigenvalue weighted by atomic mass is 79.9. The normalized spacial score (nSPS) is 23.5. The van der Waals surface area contributed by atoms with Crippen molar-refractivity contribution in [1.29, 1.82) is 0 Å². The maximum absolute atomic E-state index is 6.09. The smallest absolute Gasteiger partial charge is 0.138 e. The average Bonchev–Trinajstić information content (AvgIpc) is 4.04. The predicted molar refractivity (Wildman–Crippen MR) is 304 cm³/mol. The van der Waals surface area contributed by atoms with Crippen molar-refractivity contribution in [2.75, 3.05) is 20.9 Å². The van der Waals surface area contributed by atoms with Gasteiger partial charge in [0.05, 0.1) is 21.2 Å². The first-order chi connectivity index (χ1) is 33.7. The van der Waals surface area contributed by atoms with Crippen LogP contribution in [-0.2, 0) is 21.7 Å². The number of furan rings is 2. The Bertz CT molecular complexity index is 3210. The molecule has 2 saturated carbocycles. The predicted octanol–water partition coefficient (Wildman–Crippen LogP) is 18.7. The Balaban J connectivity index is 0.000000140. The lowest BCUT2D eigenvalue weighted by molar-refractivity contribution is 0.195. The van der Waals surface area contributed by atoms with E-state index < -0.39 is 0 Å². The van der Waals surface area contributed by atoms with Crippen molar-refractivity contribution < 1.29 is 8.83 Å². The quantitative estimate of drug-likeness (QED) is 0.171. The van der Waals surface area contributed by atoms with Crippen molar-refractivity contribution in [3.63, 3.8) is 0 Å². The molecule has 368 valence electrons. The summed E-state index contributed by atoms with van der Waals surface area (Å²) < 4.78 is 12.9. The Morgan fingerprint density at radius 2 is 0.958 bits per heavy atom. The van der Waals surface area contributed by atoms with Crippen LogP contribution in [0.2, 0.25) is 0 Å². The highest BCUT2D eigenvalue weighted by Gasteiger charge is 2.58. The van der Waals surface area contributed by atoms with E-state index in [1.54, 1.807) is 6.26 Å². The Labute approximate surface area is 431 Å². The summed E-state index contributed by atoms with van der Waals surface area (Å²) in [6, 6.07) is 48.1. The molecule has 4 aliphatic rings. The summed E-state index contributed by atoms with van der Waals surface area (Å²) in [7, 11) is 0. The van der Waals surface area contributed by atoms with E-state index >= 15 is 0 Å². The monoisotopic (exact) mass is 1010 g/mol. The van der Waals surface area contributed by atoms with Crippen LogP contribution in [0.25, 0.3) is 21.9 Å². The minimum atomic E-state index is 0.0606. The van der Waals surface area contributed by atoms with Gasteiger partial charge >= 0.3 is 0 Å². The van der Waals surface area contributed by atoms with Crippen molar-refractivity contribution >= 4 is 77.7 Å². The fourth-order valence-corrected chi connectivity index (χ4v) is 13.2. The van der Waals surface area contributed by atoms with Gasteiger partial charge in [0.1, 0.15) is 23.7 Å². The van der Waals surface area contributed by atoms with Crippen LogP contribution in [0.5, 0.6) is 0 Å². The lowest BCUT2D eigenvalue weighted by Crippen LogP contribution is -2.54. The first-order valence-corrected chi connectivity index (χ1v) is 26.8. The topological polar surface area (TPSA) is 70.8 Å². The van der Waals surface area contributed by atoms with E-state index in [2.05, 4.69) is 222 Å². The van der Waals surface area contributed by atoms with Gasteiger partial charge in [-0.3, -0.25) is 0 Å². The number of para-hydroxylation sites is 2. The van der Waals surface area contributed by atoms with Gasteiger partial charge in [-0.05, 0) is 149 Å². The lowest BCUT2D eigenvalue weighted by atomic mass is 9.61. The average molecular weight is 1010 g/mol. The van der Waals surface area contributed by atoms with Crippen molar-refractivity contribution in [3.05, 3.63) is 173 Å². The van der Waals surface area contributed by atoms with Crippen molar-refractivity contribution in [1.82, 2.24) is 0 Å². The molecule has 12 rings (SSSR count). The molecular formula is C64H73BrN4O2. The van der Waals surface area contributed by atoms with Gasteiger partial charge in [0.15, 0.2) is 0 Å². The van der Waals surface area contributed by atoms with Gasteiger partial charge in [0, 0.05) is 67.9 Å². The molecule has 0 bridgehead atoms. The number of hydrogen-bond acceptors (Lipinski definition) is 6. The zero-order chi connectivity index (χ0) is 50.1. The summed E-state index contributed by atoms with van der Waals surface area (Å²) in [5.74, 6) is 0. The second-order valence-corrected chi connectivity index (χ2v) is 24.6. The number of fused-ring (bicyclic) bond motifs is 8. The molecule has 6 nitrogen and oxygen atoms in total. The minimum Gasteiger partial charge on any atom is -0.463 e. The summed E-state index contributed by atoms with van der Waals surface area (Å²) >= 11 is 3.57. The van der Waals surface area contributed by atoms with Crippen LogP contribution in [0, 0.1) is 0 Å². The standard InChI is InChI=1S/C32H36N2O.C22H22BrNO.C10H15N/c1-30(2,3)22-12-14-23(15-13-22)33-27-21-35-29-20-24(16-17-25(27)29)34-28-11-7-6-10-26(28)31(4)18-8-9-19-32(31,34)5;1-21-11-5-6-12-22(21,2)24(19-8-4-3-7-17(19)21)15-9-10-16-18(23)14-25-20(16)13-15;1-10(2,3)8-4-6-9(11)7-5-8/h6-7,10-17,20-21,33H,8-9,18-19H2,1-5H3;3-4,7-10,13-14H,5-6,11-12H2,1-2H3;4-7H,11H2,1-3H3. The van der Waals surface area contributed by atoms with Crippen LogP contribution in [-0.4, -0.2) is 11.1 Å². The third kappa shape index (κ3) is 8.34. The largest absolute Gasteiger partial charge is 0.463 e. The highest BCUT2D eigenvalue weighted by Crippen LogP contribution is 2.62. The number of nitrogen functional groups attached to an aromatic ring is 1. The van der Waals surface area contributed by atoms with Crippen molar-refractivity contribution in [3.8, 4) is 0 Å². The molecule has 8 aromatic rings. The fourth-order valence-electron chi connectivity index (χ4n) is 12.8. The van der Waals surface area contributed by atoms with Gasteiger partial charge in [-0.2, -0.15) is 0 Å². The third-order valence-corrected chi connectivity index (χ3v) is 18.0. The van der Waals surface area contributed by atoms with Gasteiger partial charge < -0.3 is 29.7 Å². The number of halogens is 1. The molecule has 2 aromatic heterocycles. The molecule has 0 spiro atoms. The molecule has 4 atom stereocenters. The first kappa shape index (κ1) is 48.7. The molecular weight excluding hydrogens is 937 g/mol. The van der Waals surface area contributed by atoms with Gasteiger partial charge in [0.25, 0.3) is 0 Å². The molecule has 6 aromatic carbocycles. The van der Waals surface area contributed by atoms with Crippen LogP contribution in [0.15, 0.2) is 159 Å². The third-order valence-electron chi connectivity index (χ3n) is 17.4. The number of nitrogens with zero attached hydrogens (tertiary/aromatic N) is 2. The molecule has 0 radical (unpaired) electrons. The molecule has 4 heterocycles. The maximum atomic E-state index is 6.09. The van der Waals surface area contributed by atoms with Gasteiger partial charge in [-0.25, -0.2) is 0 Å². The summed E-state index contributed by atoms with van der Waals surface area (Å²) in [6.45, 7) is 23.2. The fraction of sp³-hybridized carbons (Fsp3) is 0.375. The van der Waals surface area contributed by atoms with E-state index in [1.165, 1.54) is 96.4 Å². The Hall–Kier alpha value is -5.92. The molecule has 0 amide bonds. The Morgan fingerprint density at radius 3 is 1.46 bits per heavy atom. The van der Waals surface area contributed by atoms with Crippen LogP contribution in [0.4, 0.5) is 39.8 Å². The number of nitrogens with two attached hydrogens (primary N) is 1. The number of hydrogen-bond donors (Lipinski definition) is 2. The van der Waals surface area contributed by atoms with Gasteiger partial charge in [0.2, 0.25) is 0 Å². The molecule has 71 heavy (non-hydrogen) atoms. The van der Waals surface area contributed by atoms with Crippen LogP contribution in [0.3, 0.4) is 0 Å². The number of nitrogens with one attached hydrogen (secondary N) is 1. The van der Waals surface area contributed by atoms with Crippen LogP contribution in [0.1, 0.15) is 143 Å². The molecule has 4 unspecified atom stereocenters. The van der Waals surface area contributed by atoms with Crippen molar-refractivity contribution in [2.45, 2.75) is 153 Å². The summed E-state index contributed by atoms with van der Waals surface area (Å²) in [5.41, 5.74) is 22.0. The zero-order valence-corrected chi connectivity index (χ0v) is 45.3. The summed E-state index contributed by atoms with van der Waals surface area (Å²) in [6.07, 6.45) is 13.7. The van der Waals surface area contributed by atoms with Gasteiger partial charge in [-0.1, -0.05) is 142 Å². The van der Waals surface area contributed by atoms with Crippen LogP contribution < -0.4 is 20.9 Å². The number of rotatable bonds is 4. The zero-order valence-electron chi connectivity index (χ0n) is 43.7. The molecule has 2 aliphatic heterocycles. The van der Waals surface area contributed by atoms with Gasteiger partial charge in [-0.15, -0.1) is 0 Å². The number of anilines is 7. The lowest BCUT2D eigenvalue weighted by Gasteiger charge is -2.50.